The zero-order chi connectivity index (χ0) is 14.8. The SMILES string of the molecule is C=CCSCC(=O)Nc1ccc(C(=O)OCCC)cc1. The van der Waals surface area contributed by atoms with Crippen molar-refractivity contribution < 1.29 is 14.3 Å². The molecule has 0 aliphatic carbocycles. The molecule has 0 saturated carbocycles. The van der Waals surface area contributed by atoms with E-state index < -0.39 is 0 Å². The van der Waals surface area contributed by atoms with Crippen LogP contribution in [0.2, 0.25) is 0 Å². The van der Waals surface area contributed by atoms with Crippen LogP contribution in [0.1, 0.15) is 23.7 Å². The number of benzene rings is 1. The van der Waals surface area contributed by atoms with Gasteiger partial charge >= 0.3 is 5.97 Å². The molecule has 1 N–H and O–H groups in total. The Labute approximate surface area is 123 Å². The molecular formula is C15H19NO3S. The van der Waals surface area contributed by atoms with Crippen molar-refractivity contribution >= 4 is 29.3 Å². The van der Waals surface area contributed by atoms with E-state index in [2.05, 4.69) is 11.9 Å². The standard InChI is InChI=1S/C15H19NO3S/c1-3-9-19-15(18)12-5-7-13(8-6-12)16-14(17)11-20-10-4-2/h4-8H,2-3,9-11H2,1H3,(H,16,17). The quantitative estimate of drug-likeness (QED) is 0.454. The van der Waals surface area contributed by atoms with Gasteiger partial charge in [0.05, 0.1) is 17.9 Å². The number of hydrogen-bond donors (Lipinski definition) is 1. The van der Waals surface area contributed by atoms with Crippen molar-refractivity contribution in [3.8, 4) is 0 Å². The molecule has 0 spiro atoms. The van der Waals surface area contributed by atoms with Crippen molar-refractivity contribution in [1.82, 2.24) is 0 Å². The van der Waals surface area contributed by atoms with Crippen molar-refractivity contribution in [2.75, 3.05) is 23.4 Å². The van der Waals surface area contributed by atoms with Crippen LogP contribution in [-0.4, -0.2) is 30.0 Å². The average Bonchev–Trinajstić information content (AvgIpc) is 2.46. The molecule has 0 aliphatic heterocycles. The summed E-state index contributed by atoms with van der Waals surface area (Å²) in [5, 5.41) is 2.76. The minimum Gasteiger partial charge on any atom is -0.462 e. The first-order valence-electron chi connectivity index (χ1n) is 6.43. The fraction of sp³-hybridized carbons (Fsp3) is 0.333. The number of rotatable bonds is 8. The van der Waals surface area contributed by atoms with Crippen LogP contribution in [0.25, 0.3) is 0 Å². The second-order valence-electron chi connectivity index (χ2n) is 4.07. The van der Waals surface area contributed by atoms with E-state index in [0.717, 1.165) is 12.2 Å². The van der Waals surface area contributed by atoms with Crippen molar-refractivity contribution in [3.63, 3.8) is 0 Å². The number of ether oxygens (including phenoxy) is 1. The van der Waals surface area contributed by atoms with Gasteiger partial charge in [-0.05, 0) is 30.7 Å². The Morgan fingerprint density at radius 1 is 1.35 bits per heavy atom. The molecule has 1 aromatic carbocycles. The van der Waals surface area contributed by atoms with E-state index in [1.54, 1.807) is 30.3 Å². The molecule has 0 aliphatic rings. The summed E-state index contributed by atoms with van der Waals surface area (Å²) in [7, 11) is 0. The third-order valence-electron chi connectivity index (χ3n) is 2.31. The Kier molecular flexibility index (Phi) is 7.50. The van der Waals surface area contributed by atoms with Crippen LogP contribution in [0, 0.1) is 0 Å². The normalized spacial score (nSPS) is 9.85. The summed E-state index contributed by atoms with van der Waals surface area (Å²) < 4.78 is 5.02. The van der Waals surface area contributed by atoms with E-state index in [-0.39, 0.29) is 11.9 Å². The first-order chi connectivity index (χ1) is 9.67. The second kappa shape index (κ2) is 9.20. The lowest BCUT2D eigenvalue weighted by Gasteiger charge is -2.06. The summed E-state index contributed by atoms with van der Waals surface area (Å²) in [6.07, 6.45) is 2.55. The molecule has 0 heterocycles. The minimum absolute atomic E-state index is 0.0711. The molecule has 0 atom stereocenters. The van der Waals surface area contributed by atoms with E-state index in [1.807, 2.05) is 6.92 Å². The predicted octanol–water partition coefficient (Wildman–Crippen LogP) is 3.11. The highest BCUT2D eigenvalue weighted by atomic mass is 32.2. The molecule has 108 valence electrons. The van der Waals surface area contributed by atoms with Crippen molar-refractivity contribution in [3.05, 3.63) is 42.5 Å². The number of esters is 1. The van der Waals surface area contributed by atoms with Crippen LogP contribution in [-0.2, 0) is 9.53 Å². The fourth-order valence-electron chi connectivity index (χ4n) is 1.40. The Balaban J connectivity index is 2.47. The number of anilines is 1. The van der Waals surface area contributed by atoms with Crippen LogP contribution < -0.4 is 5.32 Å². The maximum absolute atomic E-state index is 11.6. The zero-order valence-corrected chi connectivity index (χ0v) is 12.4. The lowest BCUT2D eigenvalue weighted by atomic mass is 10.2. The second-order valence-corrected chi connectivity index (χ2v) is 5.10. The molecule has 5 heteroatoms. The molecule has 20 heavy (non-hydrogen) atoms. The predicted molar refractivity (Wildman–Crippen MR) is 83.2 cm³/mol. The van der Waals surface area contributed by atoms with Gasteiger partial charge in [-0.25, -0.2) is 4.79 Å². The van der Waals surface area contributed by atoms with Gasteiger partial charge in [-0.2, -0.15) is 0 Å². The Bertz CT molecular complexity index is 457. The van der Waals surface area contributed by atoms with Gasteiger partial charge in [0.15, 0.2) is 0 Å². The van der Waals surface area contributed by atoms with Gasteiger partial charge in [-0.1, -0.05) is 13.0 Å². The molecule has 0 radical (unpaired) electrons. The van der Waals surface area contributed by atoms with Gasteiger partial charge in [-0.3, -0.25) is 4.79 Å². The van der Waals surface area contributed by atoms with Crippen molar-refractivity contribution in [2.45, 2.75) is 13.3 Å². The third kappa shape index (κ3) is 5.93. The van der Waals surface area contributed by atoms with E-state index >= 15 is 0 Å². The van der Waals surface area contributed by atoms with Gasteiger partial charge in [0.1, 0.15) is 0 Å². The largest absolute Gasteiger partial charge is 0.462 e. The summed E-state index contributed by atoms with van der Waals surface area (Å²) in [4.78, 5) is 23.2. The lowest BCUT2D eigenvalue weighted by Crippen LogP contribution is -2.14. The van der Waals surface area contributed by atoms with Crippen molar-refractivity contribution in [2.24, 2.45) is 0 Å². The van der Waals surface area contributed by atoms with Gasteiger partial charge in [-0.15, -0.1) is 18.3 Å². The van der Waals surface area contributed by atoms with E-state index in [4.69, 9.17) is 4.74 Å². The molecular weight excluding hydrogens is 274 g/mol. The Morgan fingerprint density at radius 2 is 2.05 bits per heavy atom. The number of carbonyl (C=O) groups is 2. The third-order valence-corrected chi connectivity index (χ3v) is 3.25. The molecule has 4 nitrogen and oxygen atoms in total. The van der Waals surface area contributed by atoms with E-state index in [0.29, 0.717) is 23.6 Å². The smallest absolute Gasteiger partial charge is 0.338 e. The maximum atomic E-state index is 11.6. The van der Waals surface area contributed by atoms with Crippen LogP contribution in [0.15, 0.2) is 36.9 Å². The Hall–Kier alpha value is -1.75. The number of carbonyl (C=O) groups excluding carboxylic acids is 2. The monoisotopic (exact) mass is 293 g/mol. The van der Waals surface area contributed by atoms with E-state index in [9.17, 15) is 9.59 Å². The highest BCUT2D eigenvalue weighted by molar-refractivity contribution is 8.00. The summed E-state index contributed by atoms with van der Waals surface area (Å²) in [5.74, 6) is 0.714. The minimum atomic E-state index is -0.341. The lowest BCUT2D eigenvalue weighted by molar-refractivity contribution is -0.113. The van der Waals surface area contributed by atoms with Crippen molar-refractivity contribution in [1.29, 1.82) is 0 Å². The van der Waals surface area contributed by atoms with Gasteiger partial charge in [0.2, 0.25) is 5.91 Å². The number of thioether (sulfide) groups is 1. The summed E-state index contributed by atoms with van der Waals surface area (Å²) in [5.41, 5.74) is 1.15. The molecule has 1 rings (SSSR count). The number of amides is 1. The summed E-state index contributed by atoms with van der Waals surface area (Å²) in [6, 6.07) is 6.67. The van der Waals surface area contributed by atoms with Gasteiger partial charge in [0.25, 0.3) is 0 Å². The van der Waals surface area contributed by atoms with Gasteiger partial charge < -0.3 is 10.1 Å². The molecule has 0 saturated heterocycles. The number of nitrogens with one attached hydrogen (secondary N) is 1. The first kappa shape index (κ1) is 16.3. The molecule has 1 aromatic rings. The van der Waals surface area contributed by atoms with Crippen LogP contribution in [0.4, 0.5) is 5.69 Å². The van der Waals surface area contributed by atoms with Gasteiger partial charge in [0, 0.05) is 11.4 Å². The fourth-order valence-corrected chi connectivity index (χ4v) is 1.94. The van der Waals surface area contributed by atoms with Crippen LogP contribution in [0.5, 0.6) is 0 Å². The summed E-state index contributed by atoms with van der Waals surface area (Å²) in [6.45, 7) is 5.95. The highest BCUT2D eigenvalue weighted by Crippen LogP contribution is 2.11. The number of hydrogen-bond acceptors (Lipinski definition) is 4. The molecule has 0 unspecified atom stereocenters. The van der Waals surface area contributed by atoms with Crippen LogP contribution >= 0.6 is 11.8 Å². The molecule has 0 fully saturated rings. The maximum Gasteiger partial charge on any atom is 0.338 e. The zero-order valence-electron chi connectivity index (χ0n) is 11.6. The molecule has 0 bridgehead atoms. The highest BCUT2D eigenvalue weighted by Gasteiger charge is 2.07. The Morgan fingerprint density at radius 3 is 2.65 bits per heavy atom. The average molecular weight is 293 g/mol. The molecule has 0 aromatic heterocycles. The van der Waals surface area contributed by atoms with E-state index in [1.165, 1.54) is 11.8 Å². The topological polar surface area (TPSA) is 55.4 Å². The van der Waals surface area contributed by atoms with Crippen LogP contribution in [0.3, 0.4) is 0 Å². The summed E-state index contributed by atoms with van der Waals surface area (Å²) >= 11 is 1.49. The first-order valence-corrected chi connectivity index (χ1v) is 7.58. The molecule has 1 amide bonds.